The van der Waals surface area contributed by atoms with Crippen LogP contribution < -0.4 is 9.46 Å². The van der Waals surface area contributed by atoms with E-state index in [1.54, 1.807) is 0 Å². The lowest BCUT2D eigenvalue weighted by molar-refractivity contribution is -0.0543. The zero-order valence-corrected chi connectivity index (χ0v) is 17.4. The standard InChI is InChI=1S/C21H30BNO4S/c1-28(24,25)23-19-7-4-5-16-13-26-20-8-3-2-6-17(20)15-9-11-21(22,12-10-15)27-14-18(16)19/h2-3,6,8,15-16,18-19,23H,4-5,7,9-14H2,1H3/t15?,16?,18-,19+,21?/m1/s1. The molecule has 7 heteroatoms. The van der Waals surface area contributed by atoms with Crippen LogP contribution in [0.3, 0.4) is 0 Å². The highest BCUT2D eigenvalue weighted by Gasteiger charge is 2.39. The molecule has 2 bridgehead atoms. The van der Waals surface area contributed by atoms with Gasteiger partial charge in [-0.15, -0.1) is 0 Å². The summed E-state index contributed by atoms with van der Waals surface area (Å²) in [4.78, 5) is 0. The van der Waals surface area contributed by atoms with Gasteiger partial charge in [0.15, 0.2) is 0 Å². The van der Waals surface area contributed by atoms with Gasteiger partial charge in [0.25, 0.3) is 0 Å². The maximum absolute atomic E-state index is 11.9. The van der Waals surface area contributed by atoms with Crippen LogP contribution in [0, 0.1) is 11.8 Å². The van der Waals surface area contributed by atoms with Crippen LogP contribution in [0.5, 0.6) is 5.75 Å². The topological polar surface area (TPSA) is 64.6 Å². The first-order chi connectivity index (χ1) is 13.3. The molecular weight excluding hydrogens is 373 g/mol. The number of sulfonamides is 1. The third-order valence-corrected chi connectivity index (χ3v) is 7.52. The number of hydrogen-bond donors (Lipinski definition) is 1. The van der Waals surface area contributed by atoms with E-state index in [-0.39, 0.29) is 17.9 Å². The van der Waals surface area contributed by atoms with Crippen molar-refractivity contribution in [3.05, 3.63) is 29.8 Å². The Balaban J connectivity index is 1.63. The summed E-state index contributed by atoms with van der Waals surface area (Å²) >= 11 is 0. The molecule has 3 atom stereocenters. The molecule has 1 aromatic rings. The Hall–Kier alpha value is -1.05. The van der Waals surface area contributed by atoms with Crippen molar-refractivity contribution in [2.75, 3.05) is 19.5 Å². The van der Waals surface area contributed by atoms with E-state index < -0.39 is 15.5 Å². The number of para-hydroxylation sites is 1. The quantitative estimate of drug-likeness (QED) is 0.772. The minimum Gasteiger partial charge on any atom is -0.493 e. The molecule has 0 aromatic heterocycles. The summed E-state index contributed by atoms with van der Waals surface area (Å²) in [5.74, 6) is 1.73. The van der Waals surface area contributed by atoms with Gasteiger partial charge in [-0.2, -0.15) is 0 Å². The first kappa shape index (κ1) is 20.2. The Morgan fingerprint density at radius 2 is 1.86 bits per heavy atom. The Labute approximate surface area is 170 Å². The molecule has 2 saturated carbocycles. The molecule has 2 aliphatic heterocycles. The summed E-state index contributed by atoms with van der Waals surface area (Å²) in [5.41, 5.74) is 0.659. The number of benzene rings is 1. The molecule has 2 heterocycles. The van der Waals surface area contributed by atoms with E-state index in [1.165, 1.54) is 11.8 Å². The average Bonchev–Trinajstić information content (AvgIpc) is 2.64. The van der Waals surface area contributed by atoms with Crippen molar-refractivity contribution in [3.8, 4) is 5.75 Å². The van der Waals surface area contributed by atoms with Crippen LogP contribution in [0.25, 0.3) is 0 Å². The molecule has 2 radical (unpaired) electrons. The molecule has 2 fully saturated rings. The Kier molecular flexibility index (Phi) is 5.78. The summed E-state index contributed by atoms with van der Waals surface area (Å²) in [7, 11) is 3.32. The van der Waals surface area contributed by atoms with Crippen molar-refractivity contribution in [2.45, 2.75) is 62.4 Å². The molecular formula is C21H30BNO4S. The zero-order chi connectivity index (χ0) is 19.8. The minimum atomic E-state index is -3.28. The lowest BCUT2D eigenvalue weighted by Gasteiger charge is -2.44. The van der Waals surface area contributed by atoms with E-state index >= 15 is 0 Å². The fourth-order valence-electron chi connectivity index (χ4n) is 5.21. The predicted octanol–water partition coefficient (Wildman–Crippen LogP) is 2.95. The molecule has 1 aromatic carbocycles. The van der Waals surface area contributed by atoms with Crippen molar-refractivity contribution in [1.82, 2.24) is 4.72 Å². The van der Waals surface area contributed by atoms with Gasteiger partial charge in [0.2, 0.25) is 10.0 Å². The SMILES string of the molecule is [B]C12CCC(CC1)c1ccccc1OCC1CCC[C@H](NS(C)(=O)=O)[C@@H]1CO2. The van der Waals surface area contributed by atoms with Gasteiger partial charge in [0.05, 0.1) is 19.5 Å². The van der Waals surface area contributed by atoms with Crippen LogP contribution in [0.1, 0.15) is 56.4 Å². The summed E-state index contributed by atoms with van der Waals surface area (Å²) < 4.78 is 39.2. The average molecular weight is 403 g/mol. The van der Waals surface area contributed by atoms with Crippen LogP contribution in [0.15, 0.2) is 24.3 Å². The molecule has 0 amide bonds. The van der Waals surface area contributed by atoms with E-state index in [9.17, 15) is 8.42 Å². The summed E-state index contributed by atoms with van der Waals surface area (Å²) in [6, 6.07) is 8.20. The van der Waals surface area contributed by atoms with Crippen molar-refractivity contribution in [3.63, 3.8) is 0 Å². The van der Waals surface area contributed by atoms with Crippen LogP contribution in [0.2, 0.25) is 0 Å². The third-order valence-electron chi connectivity index (χ3n) is 6.78. The smallest absolute Gasteiger partial charge is 0.208 e. The molecule has 5 nitrogen and oxygen atoms in total. The number of nitrogens with one attached hydrogen (secondary N) is 1. The monoisotopic (exact) mass is 403 g/mol. The third kappa shape index (κ3) is 4.57. The maximum atomic E-state index is 11.9. The molecule has 152 valence electrons. The number of rotatable bonds is 2. The Bertz CT molecular complexity index is 791. The van der Waals surface area contributed by atoms with Gasteiger partial charge in [-0.1, -0.05) is 24.6 Å². The second-order valence-corrected chi connectivity index (χ2v) is 10.6. The fourth-order valence-corrected chi connectivity index (χ4v) is 6.05. The highest BCUT2D eigenvalue weighted by molar-refractivity contribution is 7.88. The van der Waals surface area contributed by atoms with Crippen LogP contribution in [0.4, 0.5) is 0 Å². The summed E-state index contributed by atoms with van der Waals surface area (Å²) in [6.07, 6.45) is 7.64. The molecule has 1 N–H and O–H groups in total. The van der Waals surface area contributed by atoms with Gasteiger partial charge in [0.1, 0.15) is 13.6 Å². The second kappa shape index (κ2) is 8.00. The fraction of sp³-hybridized carbons (Fsp3) is 0.714. The van der Waals surface area contributed by atoms with Crippen molar-refractivity contribution >= 4 is 17.9 Å². The number of ether oxygens (including phenoxy) is 2. The van der Waals surface area contributed by atoms with Gasteiger partial charge < -0.3 is 9.47 Å². The molecule has 2 aliphatic carbocycles. The van der Waals surface area contributed by atoms with Gasteiger partial charge in [-0.05, 0) is 62.0 Å². The molecule has 4 aliphatic rings. The molecule has 28 heavy (non-hydrogen) atoms. The molecule has 0 saturated heterocycles. The second-order valence-electron chi connectivity index (χ2n) is 8.85. The highest BCUT2D eigenvalue weighted by atomic mass is 32.2. The van der Waals surface area contributed by atoms with E-state index in [0.717, 1.165) is 50.7 Å². The van der Waals surface area contributed by atoms with Crippen molar-refractivity contribution in [1.29, 1.82) is 0 Å². The Morgan fingerprint density at radius 3 is 2.61 bits per heavy atom. The van der Waals surface area contributed by atoms with Gasteiger partial charge >= 0.3 is 0 Å². The first-order valence-corrected chi connectivity index (χ1v) is 12.3. The summed E-state index contributed by atoms with van der Waals surface area (Å²) in [5, 5.41) is 0. The normalized spacial score (nSPS) is 36.3. The highest BCUT2D eigenvalue weighted by Crippen LogP contribution is 2.43. The predicted molar refractivity (Wildman–Crippen MR) is 110 cm³/mol. The van der Waals surface area contributed by atoms with Crippen LogP contribution in [-0.2, 0) is 14.8 Å². The Morgan fingerprint density at radius 1 is 1.11 bits per heavy atom. The van der Waals surface area contributed by atoms with E-state index in [0.29, 0.717) is 19.1 Å². The molecule has 0 spiro atoms. The van der Waals surface area contributed by atoms with E-state index in [2.05, 4.69) is 22.9 Å². The molecule has 1 unspecified atom stereocenters. The van der Waals surface area contributed by atoms with Gasteiger partial charge in [-0.3, -0.25) is 0 Å². The zero-order valence-electron chi connectivity index (χ0n) is 16.6. The van der Waals surface area contributed by atoms with Crippen LogP contribution in [-0.4, -0.2) is 47.3 Å². The summed E-state index contributed by atoms with van der Waals surface area (Å²) in [6.45, 7) is 1.06. The lowest BCUT2D eigenvalue weighted by Crippen LogP contribution is -2.50. The number of fused-ring (bicyclic) bond motifs is 4. The number of hydrogen-bond acceptors (Lipinski definition) is 4. The lowest BCUT2D eigenvalue weighted by atomic mass is 9.66. The largest absolute Gasteiger partial charge is 0.493 e. The van der Waals surface area contributed by atoms with E-state index in [1.807, 2.05) is 6.07 Å². The first-order valence-electron chi connectivity index (χ1n) is 10.4. The van der Waals surface area contributed by atoms with Gasteiger partial charge in [0, 0.05) is 17.5 Å². The molecule has 5 rings (SSSR count). The van der Waals surface area contributed by atoms with Crippen LogP contribution >= 0.6 is 0 Å². The van der Waals surface area contributed by atoms with Crippen molar-refractivity contribution < 1.29 is 17.9 Å². The minimum absolute atomic E-state index is 0.0632. The van der Waals surface area contributed by atoms with Gasteiger partial charge in [-0.25, -0.2) is 13.1 Å². The van der Waals surface area contributed by atoms with E-state index in [4.69, 9.17) is 17.3 Å². The maximum Gasteiger partial charge on any atom is 0.208 e. The van der Waals surface area contributed by atoms with Crippen molar-refractivity contribution in [2.24, 2.45) is 11.8 Å².